The molecule has 0 spiro atoms. The number of carbonyl (C=O) groups excluding carboxylic acids is 3. The summed E-state index contributed by atoms with van der Waals surface area (Å²) in [6.07, 6.45) is -1.37. The minimum atomic E-state index is -1.24. The van der Waals surface area contributed by atoms with Gasteiger partial charge in [-0.2, -0.15) is 0 Å². The number of rotatable bonds is 6. The molecule has 7 heteroatoms. The molecule has 0 bridgehead atoms. The Hall–Kier alpha value is -2.87. The molecule has 2 aromatic carbocycles. The van der Waals surface area contributed by atoms with Gasteiger partial charge in [0.15, 0.2) is 11.6 Å². The van der Waals surface area contributed by atoms with Crippen molar-refractivity contribution in [1.29, 1.82) is 0 Å². The molecule has 3 N–H and O–H groups in total. The van der Waals surface area contributed by atoms with Crippen molar-refractivity contribution in [3.8, 4) is 0 Å². The smallest absolute Gasteiger partial charge is 0.251 e. The van der Waals surface area contributed by atoms with Gasteiger partial charge in [0.05, 0.1) is 12.1 Å². The van der Waals surface area contributed by atoms with Gasteiger partial charge in [0.1, 0.15) is 18.8 Å². The number of ether oxygens (including phenoxy) is 1. The molecule has 2 saturated heterocycles. The molecule has 2 heterocycles. The van der Waals surface area contributed by atoms with Crippen molar-refractivity contribution >= 4 is 17.5 Å². The first-order chi connectivity index (χ1) is 16.2. The van der Waals surface area contributed by atoms with E-state index in [1.54, 1.807) is 36.4 Å². The first-order valence-electron chi connectivity index (χ1n) is 11.7. The second kappa shape index (κ2) is 9.78. The number of hydrogen-bond donors (Lipinski definition) is 3. The summed E-state index contributed by atoms with van der Waals surface area (Å²) in [5, 5.41) is 17.1. The van der Waals surface area contributed by atoms with Crippen LogP contribution in [0, 0.1) is 5.92 Å². The van der Waals surface area contributed by atoms with Crippen LogP contribution in [-0.4, -0.2) is 53.9 Å². The molecule has 7 nitrogen and oxygen atoms in total. The zero-order chi connectivity index (χ0) is 24.5. The zero-order valence-electron chi connectivity index (χ0n) is 19.8. The third kappa shape index (κ3) is 4.97. The van der Waals surface area contributed by atoms with E-state index in [0.717, 1.165) is 5.56 Å². The van der Waals surface area contributed by atoms with Gasteiger partial charge in [0.25, 0.3) is 5.91 Å². The largest absolute Gasteiger partial charge is 0.386 e. The summed E-state index contributed by atoms with van der Waals surface area (Å²) in [5.41, 5.74) is 1.96. The second-order valence-electron chi connectivity index (χ2n) is 10.1. The molecule has 4 rings (SSSR count). The number of hydrogen-bond acceptors (Lipinski definition) is 6. The van der Waals surface area contributed by atoms with Gasteiger partial charge in [-0.1, -0.05) is 63.2 Å². The predicted octanol–water partition coefficient (Wildman–Crippen LogP) is 2.33. The molecule has 2 aliphatic rings. The third-order valence-corrected chi connectivity index (χ3v) is 6.74. The molecular formula is C27H32N2O5. The van der Waals surface area contributed by atoms with Crippen LogP contribution in [0.15, 0.2) is 54.6 Å². The lowest BCUT2D eigenvalue weighted by atomic mass is 9.81. The number of ketones is 2. The van der Waals surface area contributed by atoms with Crippen molar-refractivity contribution < 1.29 is 24.2 Å². The van der Waals surface area contributed by atoms with E-state index in [-0.39, 0.29) is 23.6 Å². The number of benzene rings is 2. The molecular weight excluding hydrogens is 432 g/mol. The van der Waals surface area contributed by atoms with Crippen molar-refractivity contribution in [1.82, 2.24) is 10.6 Å². The molecule has 180 valence electrons. The van der Waals surface area contributed by atoms with Crippen molar-refractivity contribution in [2.24, 2.45) is 5.92 Å². The molecule has 5 atom stereocenters. The molecule has 2 fully saturated rings. The Morgan fingerprint density at radius 1 is 1.09 bits per heavy atom. The Bertz CT molecular complexity index is 1040. The summed E-state index contributed by atoms with van der Waals surface area (Å²) in [7, 11) is 0. The van der Waals surface area contributed by atoms with Crippen LogP contribution in [0.25, 0.3) is 0 Å². The number of amides is 1. The lowest BCUT2D eigenvalue weighted by Gasteiger charge is -2.35. The zero-order valence-corrected chi connectivity index (χ0v) is 19.8. The average Bonchev–Trinajstić information content (AvgIpc) is 3.22. The average molecular weight is 465 g/mol. The molecule has 0 saturated carbocycles. The second-order valence-corrected chi connectivity index (χ2v) is 10.1. The van der Waals surface area contributed by atoms with E-state index < -0.39 is 36.1 Å². The number of carbonyl (C=O) groups is 3. The first-order valence-corrected chi connectivity index (χ1v) is 11.7. The molecule has 0 radical (unpaired) electrons. The molecule has 2 aliphatic heterocycles. The SMILES string of the molecule is CC(C)(C)c1ccc(C(=O)N[C@H](C(=O)C2CCNC3C(=O)COC23)C(O)c2ccccc2)cc1. The molecule has 2 aromatic rings. The standard InChI is InChI=1S/C27H32N2O5/c1-27(2,3)18-11-9-17(10-12-18)26(33)29-22(23(31)16-7-5-4-6-8-16)24(32)19-13-14-28-21-20(30)15-34-25(19)21/h4-12,19,21-23,25,28,31H,13-15H2,1-3H3,(H,29,33)/t19?,21?,22-,23?,25?/m0/s1. The fraction of sp³-hybridized carbons (Fsp3) is 0.444. The van der Waals surface area contributed by atoms with Crippen LogP contribution in [0.5, 0.6) is 0 Å². The van der Waals surface area contributed by atoms with Crippen molar-refractivity contribution in [3.63, 3.8) is 0 Å². The van der Waals surface area contributed by atoms with Crippen molar-refractivity contribution in [3.05, 3.63) is 71.3 Å². The predicted molar refractivity (Wildman–Crippen MR) is 127 cm³/mol. The summed E-state index contributed by atoms with van der Waals surface area (Å²) in [5.74, 6) is -1.46. The minimum Gasteiger partial charge on any atom is -0.386 e. The fourth-order valence-electron chi connectivity index (χ4n) is 4.71. The Kier molecular flexibility index (Phi) is 6.98. The van der Waals surface area contributed by atoms with Crippen LogP contribution in [0.4, 0.5) is 0 Å². The maximum Gasteiger partial charge on any atom is 0.251 e. The van der Waals surface area contributed by atoms with Crippen LogP contribution in [-0.2, 0) is 19.7 Å². The number of nitrogens with one attached hydrogen (secondary N) is 2. The number of Topliss-reactive ketones (excluding diaryl/α,β-unsaturated/α-hetero) is 2. The highest BCUT2D eigenvalue weighted by molar-refractivity contribution is 5.99. The highest BCUT2D eigenvalue weighted by Gasteiger charge is 2.48. The molecule has 34 heavy (non-hydrogen) atoms. The Morgan fingerprint density at radius 3 is 2.41 bits per heavy atom. The summed E-state index contributed by atoms with van der Waals surface area (Å²) >= 11 is 0. The van der Waals surface area contributed by atoms with Crippen molar-refractivity contribution in [2.45, 2.75) is 56.9 Å². The molecule has 1 amide bonds. The summed E-state index contributed by atoms with van der Waals surface area (Å²) < 4.78 is 5.65. The monoisotopic (exact) mass is 464 g/mol. The van der Waals surface area contributed by atoms with Gasteiger partial charge in [0.2, 0.25) is 0 Å². The highest BCUT2D eigenvalue weighted by atomic mass is 16.5. The Balaban J connectivity index is 1.60. The Labute approximate surface area is 199 Å². The van der Waals surface area contributed by atoms with Crippen LogP contribution >= 0.6 is 0 Å². The number of fused-ring (bicyclic) bond motifs is 1. The first kappa shape index (κ1) is 24.3. The van der Waals surface area contributed by atoms with E-state index in [9.17, 15) is 19.5 Å². The van der Waals surface area contributed by atoms with Gasteiger partial charge < -0.3 is 20.5 Å². The molecule has 4 unspecified atom stereocenters. The fourth-order valence-corrected chi connectivity index (χ4v) is 4.71. The summed E-state index contributed by atoms with van der Waals surface area (Å²) in [4.78, 5) is 39.0. The summed E-state index contributed by atoms with van der Waals surface area (Å²) in [6.45, 7) is 6.73. The molecule has 0 aromatic heterocycles. The maximum absolute atomic E-state index is 13.7. The Morgan fingerprint density at radius 2 is 1.76 bits per heavy atom. The number of aliphatic hydroxyl groups is 1. The highest BCUT2D eigenvalue weighted by Crippen LogP contribution is 2.30. The normalized spacial score (nSPS) is 24.2. The van der Waals surface area contributed by atoms with E-state index in [2.05, 4.69) is 31.4 Å². The van der Waals surface area contributed by atoms with Crippen LogP contribution < -0.4 is 10.6 Å². The number of aliphatic hydroxyl groups excluding tert-OH is 1. The van der Waals surface area contributed by atoms with Gasteiger partial charge in [-0.25, -0.2) is 0 Å². The van der Waals surface area contributed by atoms with E-state index in [4.69, 9.17) is 4.74 Å². The van der Waals surface area contributed by atoms with Crippen molar-refractivity contribution in [2.75, 3.05) is 13.2 Å². The van der Waals surface area contributed by atoms with E-state index in [0.29, 0.717) is 24.1 Å². The van der Waals surface area contributed by atoms with Crippen LogP contribution in [0.3, 0.4) is 0 Å². The molecule has 0 aliphatic carbocycles. The maximum atomic E-state index is 13.7. The van der Waals surface area contributed by atoms with E-state index >= 15 is 0 Å². The minimum absolute atomic E-state index is 0.0372. The van der Waals surface area contributed by atoms with Gasteiger partial charge in [-0.05, 0) is 41.6 Å². The topological polar surface area (TPSA) is 105 Å². The number of piperidine rings is 1. The van der Waals surface area contributed by atoms with Gasteiger partial charge >= 0.3 is 0 Å². The van der Waals surface area contributed by atoms with E-state index in [1.165, 1.54) is 0 Å². The lowest BCUT2D eigenvalue weighted by Crippen LogP contribution is -2.56. The summed E-state index contributed by atoms with van der Waals surface area (Å²) in [6, 6.07) is 14.3. The quantitative estimate of drug-likeness (QED) is 0.606. The van der Waals surface area contributed by atoms with Gasteiger partial charge in [0, 0.05) is 11.5 Å². The van der Waals surface area contributed by atoms with Gasteiger partial charge in [-0.15, -0.1) is 0 Å². The van der Waals surface area contributed by atoms with Crippen LogP contribution in [0.2, 0.25) is 0 Å². The third-order valence-electron chi connectivity index (χ3n) is 6.74. The lowest BCUT2D eigenvalue weighted by molar-refractivity contribution is -0.133. The van der Waals surface area contributed by atoms with Crippen LogP contribution in [0.1, 0.15) is 54.8 Å². The van der Waals surface area contributed by atoms with E-state index in [1.807, 2.05) is 18.2 Å². The van der Waals surface area contributed by atoms with Gasteiger partial charge in [-0.3, -0.25) is 14.4 Å².